The number of halogens is 3. The number of aliphatic hydroxyl groups is 1. The Morgan fingerprint density at radius 2 is 1.55 bits per heavy atom. The normalized spacial score (nSPS) is 12.4. The molecule has 0 aromatic heterocycles. The van der Waals surface area contributed by atoms with Crippen molar-refractivity contribution in [3.63, 3.8) is 0 Å². The standard InChI is InChI=1S/C23H20F3NO2/c24-23(25,26)20-8-4-7-19(14-20)21(28)15-27-22(29)13-16-9-11-18(12-10-16)17-5-2-1-3-6-17/h1-12,14,21,28H,13,15H2,(H,27,29). The molecule has 0 aliphatic carbocycles. The van der Waals surface area contributed by atoms with Crippen molar-refractivity contribution in [3.05, 3.63) is 95.6 Å². The summed E-state index contributed by atoms with van der Waals surface area (Å²) in [5.41, 5.74) is 2.18. The summed E-state index contributed by atoms with van der Waals surface area (Å²) in [5, 5.41) is 12.7. The first-order chi connectivity index (χ1) is 13.8. The molecule has 0 bridgehead atoms. The highest BCUT2D eigenvalue weighted by molar-refractivity contribution is 5.79. The van der Waals surface area contributed by atoms with Gasteiger partial charge in [-0.15, -0.1) is 0 Å². The zero-order valence-corrected chi connectivity index (χ0v) is 15.5. The van der Waals surface area contributed by atoms with E-state index in [0.717, 1.165) is 28.8 Å². The van der Waals surface area contributed by atoms with Gasteiger partial charge in [0.2, 0.25) is 5.91 Å². The molecule has 1 amide bonds. The minimum atomic E-state index is -4.48. The van der Waals surface area contributed by atoms with E-state index < -0.39 is 17.8 Å². The summed E-state index contributed by atoms with van der Waals surface area (Å²) in [5.74, 6) is -0.316. The summed E-state index contributed by atoms with van der Waals surface area (Å²) in [4.78, 5) is 12.1. The number of amides is 1. The van der Waals surface area contributed by atoms with Crippen molar-refractivity contribution in [2.45, 2.75) is 18.7 Å². The quantitative estimate of drug-likeness (QED) is 0.628. The Hall–Kier alpha value is -3.12. The van der Waals surface area contributed by atoms with Gasteiger partial charge in [0.25, 0.3) is 0 Å². The van der Waals surface area contributed by atoms with Crippen LogP contribution in [-0.4, -0.2) is 17.6 Å². The van der Waals surface area contributed by atoms with Gasteiger partial charge in [-0.05, 0) is 34.4 Å². The van der Waals surface area contributed by atoms with Gasteiger partial charge < -0.3 is 10.4 Å². The predicted octanol–water partition coefficient (Wildman–Crippen LogP) is 4.76. The first-order valence-electron chi connectivity index (χ1n) is 9.09. The van der Waals surface area contributed by atoms with Crippen LogP contribution in [0, 0.1) is 0 Å². The average Bonchev–Trinajstić information content (AvgIpc) is 2.73. The number of hydrogen-bond acceptors (Lipinski definition) is 2. The number of benzene rings is 3. The van der Waals surface area contributed by atoms with Crippen molar-refractivity contribution < 1.29 is 23.1 Å². The number of rotatable bonds is 6. The third-order valence-corrected chi connectivity index (χ3v) is 4.52. The van der Waals surface area contributed by atoms with Crippen molar-refractivity contribution in [2.75, 3.05) is 6.54 Å². The molecule has 1 atom stereocenters. The molecule has 6 heteroatoms. The molecule has 0 aliphatic heterocycles. The lowest BCUT2D eigenvalue weighted by atomic mass is 10.0. The van der Waals surface area contributed by atoms with Crippen LogP contribution < -0.4 is 5.32 Å². The van der Waals surface area contributed by atoms with Gasteiger partial charge in [0.05, 0.1) is 18.1 Å². The Kier molecular flexibility index (Phi) is 6.34. The summed E-state index contributed by atoms with van der Waals surface area (Å²) in [7, 11) is 0. The van der Waals surface area contributed by atoms with Crippen LogP contribution in [-0.2, 0) is 17.4 Å². The summed E-state index contributed by atoms with van der Waals surface area (Å²) in [6.07, 6.45) is -5.59. The fraction of sp³-hybridized carbons (Fsp3) is 0.174. The first-order valence-corrected chi connectivity index (χ1v) is 9.09. The molecule has 2 N–H and O–H groups in total. The minimum absolute atomic E-state index is 0.104. The lowest BCUT2D eigenvalue weighted by molar-refractivity contribution is -0.137. The summed E-state index contributed by atoms with van der Waals surface area (Å²) >= 11 is 0. The molecular formula is C23H20F3NO2. The molecule has 0 heterocycles. The van der Waals surface area contributed by atoms with E-state index in [1.54, 1.807) is 0 Å². The molecule has 0 fully saturated rings. The van der Waals surface area contributed by atoms with E-state index >= 15 is 0 Å². The van der Waals surface area contributed by atoms with Crippen LogP contribution in [0.4, 0.5) is 13.2 Å². The smallest absolute Gasteiger partial charge is 0.387 e. The number of hydrogen-bond donors (Lipinski definition) is 2. The van der Waals surface area contributed by atoms with Gasteiger partial charge in [-0.1, -0.05) is 66.7 Å². The fourth-order valence-corrected chi connectivity index (χ4v) is 2.94. The van der Waals surface area contributed by atoms with Gasteiger partial charge in [0.15, 0.2) is 0 Å². The van der Waals surface area contributed by atoms with Gasteiger partial charge in [-0.25, -0.2) is 0 Å². The van der Waals surface area contributed by atoms with Gasteiger partial charge in [0, 0.05) is 6.54 Å². The molecule has 150 valence electrons. The maximum absolute atomic E-state index is 12.8. The monoisotopic (exact) mass is 399 g/mol. The van der Waals surface area contributed by atoms with Crippen molar-refractivity contribution in [2.24, 2.45) is 0 Å². The second-order valence-electron chi connectivity index (χ2n) is 6.68. The summed E-state index contributed by atoms with van der Waals surface area (Å²) < 4.78 is 38.3. The SMILES string of the molecule is O=C(Cc1ccc(-c2ccccc2)cc1)NCC(O)c1cccc(C(F)(F)F)c1. The number of carbonyl (C=O) groups excluding carboxylic acids is 1. The van der Waals surface area contributed by atoms with Crippen molar-refractivity contribution in [1.82, 2.24) is 5.32 Å². The molecule has 1 unspecified atom stereocenters. The number of alkyl halides is 3. The molecule has 3 rings (SSSR count). The second kappa shape index (κ2) is 8.92. The summed E-state index contributed by atoms with van der Waals surface area (Å²) in [6, 6.07) is 21.8. The highest BCUT2D eigenvalue weighted by Crippen LogP contribution is 2.30. The molecule has 0 saturated heterocycles. The van der Waals surface area contributed by atoms with Gasteiger partial charge in [0.1, 0.15) is 0 Å². The van der Waals surface area contributed by atoms with E-state index in [-0.39, 0.29) is 24.4 Å². The largest absolute Gasteiger partial charge is 0.416 e. The van der Waals surface area contributed by atoms with Crippen LogP contribution >= 0.6 is 0 Å². The van der Waals surface area contributed by atoms with Crippen LogP contribution in [0.5, 0.6) is 0 Å². The number of nitrogens with one attached hydrogen (secondary N) is 1. The lowest BCUT2D eigenvalue weighted by Gasteiger charge is -2.14. The van der Waals surface area contributed by atoms with Gasteiger partial charge >= 0.3 is 6.18 Å². The molecule has 29 heavy (non-hydrogen) atoms. The van der Waals surface area contributed by atoms with E-state index in [9.17, 15) is 23.1 Å². The Bertz CT molecular complexity index is 954. The molecule has 3 nitrogen and oxygen atoms in total. The maximum Gasteiger partial charge on any atom is 0.416 e. The zero-order valence-electron chi connectivity index (χ0n) is 15.5. The zero-order chi connectivity index (χ0) is 20.9. The van der Waals surface area contributed by atoms with Crippen molar-refractivity contribution in [3.8, 4) is 11.1 Å². The third-order valence-electron chi connectivity index (χ3n) is 4.52. The highest BCUT2D eigenvalue weighted by atomic mass is 19.4. The van der Waals surface area contributed by atoms with Crippen LogP contribution in [0.25, 0.3) is 11.1 Å². The molecule has 0 saturated carbocycles. The molecule has 3 aromatic rings. The fourth-order valence-electron chi connectivity index (χ4n) is 2.94. The van der Waals surface area contributed by atoms with E-state index in [1.807, 2.05) is 54.6 Å². The molecule has 0 aliphatic rings. The van der Waals surface area contributed by atoms with Gasteiger partial charge in [-0.3, -0.25) is 4.79 Å². The topological polar surface area (TPSA) is 49.3 Å². The second-order valence-corrected chi connectivity index (χ2v) is 6.68. The Morgan fingerprint density at radius 1 is 0.897 bits per heavy atom. The lowest BCUT2D eigenvalue weighted by Crippen LogP contribution is -2.29. The van der Waals surface area contributed by atoms with E-state index in [2.05, 4.69) is 5.32 Å². The maximum atomic E-state index is 12.8. The number of aliphatic hydroxyl groups excluding tert-OH is 1. The molecule has 0 radical (unpaired) electrons. The predicted molar refractivity (Wildman–Crippen MR) is 105 cm³/mol. The third kappa shape index (κ3) is 5.68. The highest BCUT2D eigenvalue weighted by Gasteiger charge is 2.30. The number of carbonyl (C=O) groups is 1. The van der Waals surface area contributed by atoms with E-state index in [0.29, 0.717) is 0 Å². The van der Waals surface area contributed by atoms with Crippen molar-refractivity contribution in [1.29, 1.82) is 0 Å². The van der Waals surface area contributed by atoms with Crippen LogP contribution in [0.15, 0.2) is 78.9 Å². The van der Waals surface area contributed by atoms with Crippen LogP contribution in [0.1, 0.15) is 22.8 Å². The minimum Gasteiger partial charge on any atom is -0.387 e. The molecular weight excluding hydrogens is 379 g/mol. The van der Waals surface area contributed by atoms with Crippen LogP contribution in [0.2, 0.25) is 0 Å². The van der Waals surface area contributed by atoms with E-state index in [4.69, 9.17) is 0 Å². The Morgan fingerprint density at radius 3 is 2.21 bits per heavy atom. The summed E-state index contributed by atoms with van der Waals surface area (Å²) in [6.45, 7) is -0.164. The van der Waals surface area contributed by atoms with Crippen LogP contribution in [0.3, 0.4) is 0 Å². The Balaban J connectivity index is 1.55. The first kappa shape index (κ1) is 20.6. The van der Waals surface area contributed by atoms with E-state index in [1.165, 1.54) is 12.1 Å². The molecule has 3 aromatic carbocycles. The average molecular weight is 399 g/mol. The Labute approximate surface area is 166 Å². The van der Waals surface area contributed by atoms with Gasteiger partial charge in [-0.2, -0.15) is 13.2 Å². The molecule has 0 spiro atoms. The van der Waals surface area contributed by atoms with Crippen molar-refractivity contribution >= 4 is 5.91 Å².